The number of carboxylic acids is 1. The van der Waals surface area contributed by atoms with Crippen LogP contribution in [0.4, 0.5) is 0 Å². The van der Waals surface area contributed by atoms with E-state index in [2.05, 4.69) is 21.0 Å². The normalized spacial score (nSPS) is 11.8. The second-order valence-corrected chi connectivity index (χ2v) is 8.74. The minimum absolute atomic E-state index is 0.00416. The van der Waals surface area contributed by atoms with E-state index in [1.165, 1.54) is 12.1 Å². The Morgan fingerprint density at radius 1 is 0.935 bits per heavy atom. The summed E-state index contributed by atoms with van der Waals surface area (Å²) in [6.07, 6.45) is 0. The number of phenolic OH excluding ortho intramolecular Hbond substituents is 2. The molecule has 0 aromatic heterocycles. The van der Waals surface area contributed by atoms with Gasteiger partial charge in [-0.2, -0.15) is 18.4 Å². The topological polar surface area (TPSA) is 157 Å². The third-order valence-electron chi connectivity index (χ3n) is 4.14. The van der Waals surface area contributed by atoms with Crippen molar-refractivity contribution in [2.75, 3.05) is 0 Å². The fraction of sp³-hybridized carbons (Fsp3) is 0. The maximum Gasteiger partial charge on any atom is 0.339 e. The highest BCUT2D eigenvalue weighted by molar-refractivity contribution is 9.10. The first-order chi connectivity index (χ1) is 14.6. The Hall–Kier alpha value is -3.57. The van der Waals surface area contributed by atoms with Gasteiger partial charge >= 0.3 is 5.97 Å². The summed E-state index contributed by atoms with van der Waals surface area (Å²) >= 11 is 3.11. The molecule has 0 fully saturated rings. The van der Waals surface area contributed by atoms with Gasteiger partial charge in [-0.05, 0) is 46.3 Å². The van der Waals surface area contributed by atoms with Crippen molar-refractivity contribution in [2.24, 2.45) is 5.10 Å². The summed E-state index contributed by atoms with van der Waals surface area (Å²) in [7, 11) is -4.35. The van der Waals surface area contributed by atoms with Crippen molar-refractivity contribution in [1.82, 2.24) is 4.83 Å². The van der Waals surface area contributed by atoms with Crippen LogP contribution in [0.15, 0.2) is 75.1 Å². The van der Waals surface area contributed by atoms with Crippen molar-refractivity contribution in [3.8, 4) is 17.2 Å². The predicted octanol–water partition coefficient (Wildman–Crippen LogP) is 3.00. The van der Waals surface area contributed by atoms with Gasteiger partial charge in [0.25, 0.3) is 10.0 Å². The van der Waals surface area contributed by atoms with Crippen LogP contribution in [0.5, 0.6) is 17.2 Å². The molecule has 3 aromatic rings. The molecule has 0 aliphatic heterocycles. The summed E-state index contributed by atoms with van der Waals surface area (Å²) in [5.74, 6) is -2.57. The molecule has 0 spiro atoms. The second kappa shape index (κ2) is 8.66. The van der Waals surface area contributed by atoms with E-state index in [9.17, 15) is 28.5 Å². The van der Waals surface area contributed by atoms with Crippen LogP contribution in [0.25, 0.3) is 0 Å². The molecule has 0 aliphatic rings. The molecule has 0 saturated carbocycles. The first-order valence-electron chi connectivity index (χ1n) is 8.53. The Bertz CT molecular complexity index is 1290. The molecule has 5 N–H and O–H groups in total. The molecule has 11 heteroatoms. The molecule has 0 radical (unpaired) electrons. The standard InChI is InChI=1S/C20H15BrN2O7S/c21-16-9-12(24)8-15(19(16)26)18(11-4-2-1-3-5-11)22-23-31(29,30)13-6-7-17(25)14(10-13)20(27)28/h1-10,23-26H,(H,27,28)/b22-18-. The van der Waals surface area contributed by atoms with Crippen LogP contribution in [0.2, 0.25) is 0 Å². The molecule has 9 nitrogen and oxygen atoms in total. The quantitative estimate of drug-likeness (QED) is 0.195. The SMILES string of the molecule is O=C(O)c1cc(S(=O)(=O)N/N=C(/c2ccccc2)c2cc(O)cc(Br)c2O)ccc1O. The Morgan fingerprint density at radius 2 is 1.61 bits per heavy atom. The monoisotopic (exact) mass is 506 g/mol. The number of halogens is 1. The number of aromatic carboxylic acids is 1. The fourth-order valence-electron chi connectivity index (χ4n) is 2.65. The van der Waals surface area contributed by atoms with Gasteiger partial charge in [0, 0.05) is 11.1 Å². The van der Waals surface area contributed by atoms with Crippen LogP contribution in [0, 0.1) is 0 Å². The number of hydrazone groups is 1. The van der Waals surface area contributed by atoms with E-state index in [0.29, 0.717) is 5.56 Å². The van der Waals surface area contributed by atoms with E-state index >= 15 is 0 Å². The number of carbonyl (C=O) groups is 1. The van der Waals surface area contributed by atoms with Crippen molar-refractivity contribution >= 4 is 37.6 Å². The van der Waals surface area contributed by atoms with E-state index in [4.69, 9.17) is 5.11 Å². The summed E-state index contributed by atoms with van der Waals surface area (Å²) < 4.78 is 25.5. The van der Waals surface area contributed by atoms with Gasteiger partial charge in [0.2, 0.25) is 0 Å². The largest absolute Gasteiger partial charge is 0.508 e. The van der Waals surface area contributed by atoms with Crippen LogP contribution in [0.3, 0.4) is 0 Å². The molecule has 0 saturated heterocycles. The molecule has 0 atom stereocenters. The highest BCUT2D eigenvalue weighted by Crippen LogP contribution is 2.34. The number of benzene rings is 3. The zero-order valence-corrected chi connectivity index (χ0v) is 17.9. The maximum atomic E-state index is 12.7. The number of nitrogens with zero attached hydrogens (tertiary/aromatic N) is 1. The summed E-state index contributed by atoms with van der Waals surface area (Å²) in [5, 5.41) is 42.9. The lowest BCUT2D eigenvalue weighted by Crippen LogP contribution is -2.21. The van der Waals surface area contributed by atoms with Gasteiger partial charge in [-0.15, -0.1) is 0 Å². The molecule has 31 heavy (non-hydrogen) atoms. The summed E-state index contributed by atoms with van der Waals surface area (Å²) in [5.41, 5.74) is -0.132. The number of hydrogen-bond acceptors (Lipinski definition) is 7. The average Bonchev–Trinajstić information content (AvgIpc) is 2.72. The number of hydrogen-bond donors (Lipinski definition) is 5. The first kappa shape index (κ1) is 22.1. The number of sulfonamides is 1. The van der Waals surface area contributed by atoms with Crippen LogP contribution in [-0.4, -0.2) is 40.5 Å². The summed E-state index contributed by atoms with van der Waals surface area (Å²) in [6, 6.07) is 13.5. The molecule has 0 amide bonds. The zero-order valence-electron chi connectivity index (χ0n) is 15.5. The van der Waals surface area contributed by atoms with Crippen molar-refractivity contribution in [2.45, 2.75) is 4.90 Å². The lowest BCUT2D eigenvalue weighted by Gasteiger charge is -2.12. The maximum absolute atomic E-state index is 12.7. The van der Waals surface area contributed by atoms with Gasteiger partial charge in [-0.1, -0.05) is 30.3 Å². The van der Waals surface area contributed by atoms with E-state index in [0.717, 1.165) is 18.2 Å². The Labute approximate surface area is 185 Å². The minimum atomic E-state index is -4.35. The van der Waals surface area contributed by atoms with Crippen molar-refractivity contribution < 1.29 is 33.6 Å². The molecular weight excluding hydrogens is 492 g/mol. The zero-order chi connectivity index (χ0) is 22.8. The first-order valence-corrected chi connectivity index (χ1v) is 10.8. The van der Waals surface area contributed by atoms with Gasteiger partial charge in [-0.25, -0.2) is 4.79 Å². The van der Waals surface area contributed by atoms with Crippen molar-refractivity contribution in [3.63, 3.8) is 0 Å². The molecule has 0 aliphatic carbocycles. The molecule has 0 unspecified atom stereocenters. The van der Waals surface area contributed by atoms with Crippen LogP contribution in [0.1, 0.15) is 21.5 Å². The molecular formula is C20H15BrN2O7S. The highest BCUT2D eigenvalue weighted by atomic mass is 79.9. The van der Waals surface area contributed by atoms with Crippen molar-refractivity contribution in [3.05, 3.63) is 81.8 Å². The van der Waals surface area contributed by atoms with Gasteiger partial charge in [-0.3, -0.25) is 0 Å². The lowest BCUT2D eigenvalue weighted by molar-refractivity contribution is 0.0693. The molecule has 0 heterocycles. The Kier molecular flexibility index (Phi) is 6.18. The number of carboxylic acid groups (broad SMARTS) is 1. The number of phenols is 3. The number of rotatable bonds is 6. The third kappa shape index (κ3) is 4.78. The van der Waals surface area contributed by atoms with Crippen LogP contribution in [-0.2, 0) is 10.0 Å². The predicted molar refractivity (Wildman–Crippen MR) is 115 cm³/mol. The Morgan fingerprint density at radius 3 is 2.26 bits per heavy atom. The minimum Gasteiger partial charge on any atom is -0.508 e. The molecule has 0 bridgehead atoms. The van der Waals surface area contributed by atoms with Gasteiger partial charge in [0.1, 0.15) is 28.5 Å². The fourth-order valence-corrected chi connectivity index (χ4v) is 3.94. The van der Waals surface area contributed by atoms with E-state index in [1.807, 2.05) is 4.83 Å². The smallest absolute Gasteiger partial charge is 0.339 e. The second-order valence-electron chi connectivity index (χ2n) is 6.23. The van der Waals surface area contributed by atoms with Gasteiger partial charge < -0.3 is 20.4 Å². The van der Waals surface area contributed by atoms with Crippen molar-refractivity contribution in [1.29, 1.82) is 0 Å². The van der Waals surface area contributed by atoms with E-state index in [1.54, 1.807) is 30.3 Å². The van der Waals surface area contributed by atoms with E-state index in [-0.39, 0.29) is 27.2 Å². The third-order valence-corrected chi connectivity index (χ3v) is 5.95. The molecule has 3 rings (SSSR count). The highest BCUT2D eigenvalue weighted by Gasteiger charge is 2.21. The van der Waals surface area contributed by atoms with E-state index < -0.39 is 32.2 Å². The van der Waals surface area contributed by atoms with Crippen LogP contribution >= 0.6 is 15.9 Å². The Balaban J connectivity index is 2.11. The molecule has 160 valence electrons. The summed E-state index contributed by atoms with van der Waals surface area (Å²) in [4.78, 5) is 12.7. The van der Waals surface area contributed by atoms with Crippen LogP contribution < -0.4 is 4.83 Å². The summed E-state index contributed by atoms with van der Waals surface area (Å²) in [6.45, 7) is 0. The van der Waals surface area contributed by atoms with Gasteiger partial charge in [0.15, 0.2) is 0 Å². The lowest BCUT2D eigenvalue weighted by atomic mass is 10.0. The average molecular weight is 507 g/mol. The number of aromatic hydroxyl groups is 3. The number of nitrogens with one attached hydrogen (secondary N) is 1. The van der Waals surface area contributed by atoms with Gasteiger partial charge in [0.05, 0.1) is 9.37 Å². The molecule has 3 aromatic carbocycles.